The second kappa shape index (κ2) is 10.8. The van der Waals surface area contributed by atoms with Gasteiger partial charge in [-0.05, 0) is 37.8 Å². The minimum absolute atomic E-state index is 0.0563. The maximum absolute atomic E-state index is 12.9. The van der Waals surface area contributed by atoms with Gasteiger partial charge in [-0.1, -0.05) is 25.8 Å². The van der Waals surface area contributed by atoms with Crippen molar-refractivity contribution in [2.75, 3.05) is 26.9 Å². The quantitative estimate of drug-likeness (QED) is 0.617. The van der Waals surface area contributed by atoms with Gasteiger partial charge in [0.1, 0.15) is 11.5 Å². The average molecular weight is 377 g/mol. The van der Waals surface area contributed by atoms with Gasteiger partial charge in [0.05, 0.1) is 20.1 Å². The number of esters is 1. The number of carbonyl (C=O) groups excluding carboxylic acids is 2. The number of carbonyl (C=O) groups is 2. The molecule has 0 aliphatic heterocycles. The molecule has 0 radical (unpaired) electrons. The van der Waals surface area contributed by atoms with Crippen molar-refractivity contribution < 1.29 is 23.8 Å². The third-order valence-corrected chi connectivity index (χ3v) is 5.05. The zero-order valence-corrected chi connectivity index (χ0v) is 16.6. The number of methoxy groups -OCH3 is 1. The molecule has 1 aliphatic carbocycles. The fourth-order valence-corrected chi connectivity index (χ4v) is 3.60. The summed E-state index contributed by atoms with van der Waals surface area (Å²) in [4.78, 5) is 26.5. The van der Waals surface area contributed by atoms with Crippen molar-refractivity contribution in [2.24, 2.45) is 5.92 Å². The van der Waals surface area contributed by atoms with E-state index in [2.05, 4.69) is 6.92 Å². The Hall–Kier alpha value is -2.24. The Balaban J connectivity index is 2.01. The molecule has 1 amide bonds. The first kappa shape index (κ1) is 21.1. The third-order valence-electron chi connectivity index (χ3n) is 5.05. The Labute approximate surface area is 161 Å². The van der Waals surface area contributed by atoms with Crippen molar-refractivity contribution in [1.29, 1.82) is 0 Å². The van der Waals surface area contributed by atoms with Crippen LogP contribution in [0.2, 0.25) is 0 Å². The molecule has 0 saturated heterocycles. The summed E-state index contributed by atoms with van der Waals surface area (Å²) < 4.78 is 15.9. The van der Waals surface area contributed by atoms with E-state index in [-0.39, 0.29) is 30.9 Å². The van der Waals surface area contributed by atoms with Crippen LogP contribution >= 0.6 is 0 Å². The number of ether oxygens (including phenoxy) is 3. The summed E-state index contributed by atoms with van der Waals surface area (Å²) in [6.07, 6.45) is 4.58. The Morgan fingerprint density at radius 2 is 1.93 bits per heavy atom. The molecule has 1 aliphatic rings. The van der Waals surface area contributed by atoms with Crippen LogP contribution in [0.25, 0.3) is 0 Å². The lowest BCUT2D eigenvalue weighted by Gasteiger charge is -2.38. The molecular formula is C21H31NO5. The number of nitrogens with zero attached hydrogens (tertiary/aromatic N) is 1. The molecule has 2 atom stereocenters. The lowest BCUT2D eigenvalue weighted by molar-refractivity contribution is -0.145. The lowest BCUT2D eigenvalue weighted by atomic mass is 9.84. The number of rotatable bonds is 9. The third kappa shape index (κ3) is 6.45. The van der Waals surface area contributed by atoms with E-state index in [0.29, 0.717) is 30.6 Å². The second-order valence-electron chi connectivity index (χ2n) is 6.94. The average Bonchev–Trinajstić information content (AvgIpc) is 2.68. The highest BCUT2D eigenvalue weighted by atomic mass is 16.5. The fraction of sp³-hybridized carbons (Fsp3) is 0.619. The number of hydrogen-bond acceptors (Lipinski definition) is 5. The van der Waals surface area contributed by atoms with Crippen molar-refractivity contribution >= 4 is 11.9 Å². The van der Waals surface area contributed by atoms with Crippen molar-refractivity contribution in [2.45, 2.75) is 52.0 Å². The van der Waals surface area contributed by atoms with Crippen LogP contribution in [0.1, 0.15) is 46.0 Å². The van der Waals surface area contributed by atoms with Gasteiger partial charge in [-0.25, -0.2) is 0 Å². The molecule has 27 heavy (non-hydrogen) atoms. The molecular weight excluding hydrogens is 346 g/mol. The van der Waals surface area contributed by atoms with Gasteiger partial charge in [-0.3, -0.25) is 9.59 Å². The zero-order chi connectivity index (χ0) is 19.6. The molecule has 1 aromatic rings. The zero-order valence-electron chi connectivity index (χ0n) is 16.6. The van der Waals surface area contributed by atoms with Crippen molar-refractivity contribution in [3.8, 4) is 11.5 Å². The van der Waals surface area contributed by atoms with Crippen molar-refractivity contribution in [3.05, 3.63) is 24.3 Å². The summed E-state index contributed by atoms with van der Waals surface area (Å²) in [6, 6.07) is 7.33. The smallest absolute Gasteiger partial charge is 0.307 e. The predicted octanol–water partition coefficient (Wildman–Crippen LogP) is 3.43. The summed E-state index contributed by atoms with van der Waals surface area (Å²) in [5, 5.41) is 0. The normalized spacial score (nSPS) is 19.2. The summed E-state index contributed by atoms with van der Waals surface area (Å²) in [7, 11) is 1.59. The Morgan fingerprint density at radius 1 is 1.19 bits per heavy atom. The first-order valence-electron chi connectivity index (χ1n) is 9.77. The summed E-state index contributed by atoms with van der Waals surface area (Å²) in [5.41, 5.74) is 0. The Morgan fingerprint density at radius 3 is 2.63 bits per heavy atom. The van der Waals surface area contributed by atoms with E-state index in [1.807, 2.05) is 17.0 Å². The largest absolute Gasteiger partial charge is 0.497 e. The highest BCUT2D eigenvalue weighted by Crippen LogP contribution is 2.28. The fourth-order valence-electron chi connectivity index (χ4n) is 3.60. The molecule has 6 heteroatoms. The molecule has 1 fully saturated rings. The van der Waals surface area contributed by atoms with E-state index >= 15 is 0 Å². The minimum Gasteiger partial charge on any atom is -0.497 e. The molecule has 1 aromatic carbocycles. The molecule has 0 aromatic heterocycles. The van der Waals surface area contributed by atoms with Crippen LogP contribution in [0, 0.1) is 5.92 Å². The van der Waals surface area contributed by atoms with Gasteiger partial charge in [-0.2, -0.15) is 0 Å². The highest BCUT2D eigenvalue weighted by Gasteiger charge is 2.31. The van der Waals surface area contributed by atoms with Crippen LogP contribution in [-0.2, 0) is 14.3 Å². The molecule has 0 N–H and O–H groups in total. The summed E-state index contributed by atoms with van der Waals surface area (Å²) >= 11 is 0. The van der Waals surface area contributed by atoms with E-state index in [1.54, 1.807) is 26.2 Å². The monoisotopic (exact) mass is 377 g/mol. The van der Waals surface area contributed by atoms with Gasteiger partial charge < -0.3 is 19.1 Å². The summed E-state index contributed by atoms with van der Waals surface area (Å²) in [6.45, 7) is 4.63. The van der Waals surface area contributed by atoms with Crippen LogP contribution < -0.4 is 9.47 Å². The molecule has 0 spiro atoms. The van der Waals surface area contributed by atoms with E-state index in [1.165, 1.54) is 6.42 Å². The maximum atomic E-state index is 12.9. The van der Waals surface area contributed by atoms with E-state index in [9.17, 15) is 9.59 Å². The van der Waals surface area contributed by atoms with Crippen LogP contribution in [0.5, 0.6) is 11.5 Å². The highest BCUT2D eigenvalue weighted by molar-refractivity contribution is 5.79. The molecule has 2 unspecified atom stereocenters. The van der Waals surface area contributed by atoms with E-state index in [4.69, 9.17) is 14.2 Å². The molecule has 2 rings (SSSR count). The SMILES string of the molecule is CCOC(=O)CCN(C(=O)COc1cccc(OC)c1)C1CCCCC1C. The number of benzene rings is 1. The van der Waals surface area contributed by atoms with Gasteiger partial charge in [0, 0.05) is 18.7 Å². The minimum atomic E-state index is -0.271. The first-order valence-corrected chi connectivity index (χ1v) is 9.77. The van der Waals surface area contributed by atoms with Crippen LogP contribution in [-0.4, -0.2) is 49.7 Å². The first-order chi connectivity index (χ1) is 13.0. The second-order valence-corrected chi connectivity index (χ2v) is 6.94. The lowest BCUT2D eigenvalue weighted by Crippen LogP contribution is -2.48. The van der Waals surface area contributed by atoms with Gasteiger partial charge >= 0.3 is 5.97 Å². The predicted molar refractivity (Wildman–Crippen MR) is 103 cm³/mol. The number of amides is 1. The summed E-state index contributed by atoms with van der Waals surface area (Å²) in [5.74, 6) is 1.32. The topological polar surface area (TPSA) is 65.1 Å². The molecule has 150 valence electrons. The van der Waals surface area contributed by atoms with Crippen molar-refractivity contribution in [1.82, 2.24) is 4.90 Å². The Kier molecular flexibility index (Phi) is 8.43. The van der Waals surface area contributed by atoms with Crippen LogP contribution in [0.4, 0.5) is 0 Å². The van der Waals surface area contributed by atoms with E-state index < -0.39 is 0 Å². The van der Waals surface area contributed by atoms with E-state index in [0.717, 1.165) is 19.3 Å². The molecule has 0 bridgehead atoms. The van der Waals surface area contributed by atoms with Crippen LogP contribution in [0.3, 0.4) is 0 Å². The van der Waals surface area contributed by atoms with Crippen LogP contribution in [0.15, 0.2) is 24.3 Å². The standard InChI is InChI=1S/C21H31NO5/c1-4-26-21(24)12-13-22(19-11-6-5-8-16(19)2)20(23)15-27-18-10-7-9-17(14-18)25-3/h7,9-10,14,16,19H,4-6,8,11-13,15H2,1-3H3. The van der Waals surface area contributed by atoms with Gasteiger partial charge in [0.25, 0.3) is 5.91 Å². The molecule has 6 nitrogen and oxygen atoms in total. The number of hydrogen-bond donors (Lipinski definition) is 0. The maximum Gasteiger partial charge on any atom is 0.307 e. The molecule has 0 heterocycles. The van der Waals surface area contributed by atoms with Crippen molar-refractivity contribution in [3.63, 3.8) is 0 Å². The van der Waals surface area contributed by atoms with Gasteiger partial charge in [-0.15, -0.1) is 0 Å². The Bertz CT molecular complexity index is 618. The van der Waals surface area contributed by atoms with Gasteiger partial charge in [0.2, 0.25) is 0 Å². The molecule has 1 saturated carbocycles. The van der Waals surface area contributed by atoms with Gasteiger partial charge in [0.15, 0.2) is 6.61 Å².